The van der Waals surface area contributed by atoms with Crippen LogP contribution in [0.1, 0.15) is 48.0 Å². The molecule has 1 heterocycles. The fourth-order valence-corrected chi connectivity index (χ4v) is 3.67. The van der Waals surface area contributed by atoms with E-state index in [4.69, 9.17) is 4.74 Å². The van der Waals surface area contributed by atoms with Gasteiger partial charge in [-0.05, 0) is 26.7 Å². The highest BCUT2D eigenvalue weighted by atomic mass is 32.1. The molecular weight excluding hydrogens is 248 g/mol. The topological polar surface area (TPSA) is 42.4 Å². The fourth-order valence-electron chi connectivity index (χ4n) is 2.55. The lowest BCUT2D eigenvalue weighted by Crippen LogP contribution is -2.32. The summed E-state index contributed by atoms with van der Waals surface area (Å²) in [5.41, 5.74) is 0.776. The Balaban J connectivity index is 2.23. The largest absolute Gasteiger partial charge is 0.465 e. The zero-order valence-corrected chi connectivity index (χ0v) is 12.0. The molecule has 1 aliphatic carbocycles. The monoisotopic (exact) mass is 268 g/mol. The molecule has 1 aromatic heterocycles. The minimum Gasteiger partial charge on any atom is -0.465 e. The van der Waals surface area contributed by atoms with Crippen LogP contribution in [0.2, 0.25) is 0 Å². The quantitative estimate of drug-likeness (QED) is 0.787. The minimum absolute atomic E-state index is 0.279. The Kier molecular flexibility index (Phi) is 4.22. The van der Waals surface area contributed by atoms with Crippen LogP contribution in [0.15, 0.2) is 0 Å². The molecule has 0 unspecified atom stereocenters. The van der Waals surface area contributed by atoms with Crippen LogP contribution in [0.25, 0.3) is 0 Å². The van der Waals surface area contributed by atoms with Crippen LogP contribution in [0.5, 0.6) is 0 Å². The molecule has 0 spiro atoms. The molecule has 0 N–H and O–H groups in total. The molecule has 0 aliphatic heterocycles. The Morgan fingerprint density at radius 3 is 2.72 bits per heavy atom. The summed E-state index contributed by atoms with van der Waals surface area (Å²) < 4.78 is 4.78. The fraction of sp³-hybridized carbons (Fsp3) is 0.692. The van der Waals surface area contributed by atoms with Crippen molar-refractivity contribution < 1.29 is 9.53 Å². The van der Waals surface area contributed by atoms with E-state index in [1.165, 1.54) is 44.1 Å². The summed E-state index contributed by atoms with van der Waals surface area (Å²) in [6.07, 6.45) is 5.07. The van der Waals surface area contributed by atoms with Crippen LogP contribution in [0.4, 0.5) is 5.13 Å². The first-order valence-electron chi connectivity index (χ1n) is 6.49. The highest BCUT2D eigenvalue weighted by Gasteiger charge is 2.25. The number of rotatable bonds is 4. The van der Waals surface area contributed by atoms with Gasteiger partial charge in [0, 0.05) is 12.6 Å². The van der Waals surface area contributed by atoms with Crippen molar-refractivity contribution in [3.05, 3.63) is 10.6 Å². The number of esters is 1. The van der Waals surface area contributed by atoms with Crippen molar-refractivity contribution in [1.82, 2.24) is 4.98 Å². The maximum atomic E-state index is 11.6. The van der Waals surface area contributed by atoms with Crippen LogP contribution in [-0.4, -0.2) is 30.6 Å². The summed E-state index contributed by atoms with van der Waals surface area (Å²) in [4.78, 5) is 19.1. The summed E-state index contributed by atoms with van der Waals surface area (Å²) in [6, 6.07) is 0.589. The first-order valence-corrected chi connectivity index (χ1v) is 7.31. The lowest BCUT2D eigenvalue weighted by molar-refractivity contribution is 0.0605. The molecule has 5 heteroatoms. The van der Waals surface area contributed by atoms with E-state index < -0.39 is 0 Å². The first kappa shape index (κ1) is 13.3. The van der Waals surface area contributed by atoms with Gasteiger partial charge in [-0.25, -0.2) is 9.78 Å². The number of anilines is 1. The second kappa shape index (κ2) is 5.69. The van der Waals surface area contributed by atoms with Crippen molar-refractivity contribution in [2.24, 2.45) is 0 Å². The van der Waals surface area contributed by atoms with E-state index in [0.717, 1.165) is 17.4 Å². The Morgan fingerprint density at radius 2 is 2.17 bits per heavy atom. The Hall–Kier alpha value is -1.10. The number of carbonyl (C=O) groups excluding carboxylic acids is 1. The summed E-state index contributed by atoms with van der Waals surface area (Å²) in [7, 11) is 1.41. The van der Waals surface area contributed by atoms with Crippen LogP contribution in [0.3, 0.4) is 0 Å². The molecule has 0 amide bonds. The maximum Gasteiger partial charge on any atom is 0.350 e. The van der Waals surface area contributed by atoms with Gasteiger partial charge < -0.3 is 9.64 Å². The second-order valence-electron chi connectivity index (χ2n) is 4.63. The van der Waals surface area contributed by atoms with E-state index in [0.29, 0.717) is 10.9 Å². The van der Waals surface area contributed by atoms with Gasteiger partial charge in [-0.15, -0.1) is 0 Å². The minimum atomic E-state index is -0.279. The van der Waals surface area contributed by atoms with E-state index in [1.807, 2.05) is 6.92 Å². The Morgan fingerprint density at radius 1 is 1.50 bits per heavy atom. The number of carbonyl (C=O) groups is 1. The van der Waals surface area contributed by atoms with Crippen LogP contribution >= 0.6 is 11.3 Å². The molecule has 0 atom stereocenters. The zero-order chi connectivity index (χ0) is 13.1. The normalized spacial score (nSPS) is 15.9. The highest BCUT2D eigenvalue weighted by Crippen LogP contribution is 2.32. The van der Waals surface area contributed by atoms with Crippen molar-refractivity contribution in [3.8, 4) is 0 Å². The van der Waals surface area contributed by atoms with Crippen LogP contribution in [-0.2, 0) is 4.74 Å². The van der Waals surface area contributed by atoms with Crippen LogP contribution in [0, 0.1) is 6.92 Å². The molecule has 4 nitrogen and oxygen atoms in total. The van der Waals surface area contributed by atoms with Crippen molar-refractivity contribution in [2.75, 3.05) is 18.6 Å². The van der Waals surface area contributed by atoms with E-state index in [-0.39, 0.29) is 5.97 Å². The highest BCUT2D eigenvalue weighted by molar-refractivity contribution is 7.17. The number of methoxy groups -OCH3 is 1. The summed E-state index contributed by atoms with van der Waals surface area (Å²) in [5.74, 6) is -0.279. The summed E-state index contributed by atoms with van der Waals surface area (Å²) >= 11 is 1.45. The molecular formula is C13H20N2O2S. The van der Waals surface area contributed by atoms with E-state index >= 15 is 0 Å². The van der Waals surface area contributed by atoms with Gasteiger partial charge in [0.1, 0.15) is 4.88 Å². The molecule has 1 aliphatic rings. The molecule has 1 saturated carbocycles. The van der Waals surface area contributed by atoms with Crippen molar-refractivity contribution in [2.45, 2.75) is 45.6 Å². The molecule has 0 bridgehead atoms. The first-order chi connectivity index (χ1) is 8.67. The van der Waals surface area contributed by atoms with E-state index in [2.05, 4.69) is 16.8 Å². The third kappa shape index (κ3) is 2.51. The standard InChI is InChI=1S/C13H20N2O2S/c1-4-15(10-7-5-6-8-10)13-14-9(2)11(18-13)12(16)17-3/h10H,4-8H2,1-3H3. The van der Waals surface area contributed by atoms with Gasteiger partial charge in [0.15, 0.2) is 5.13 Å². The van der Waals surface area contributed by atoms with E-state index in [9.17, 15) is 4.79 Å². The number of hydrogen-bond acceptors (Lipinski definition) is 5. The number of thiazole rings is 1. The van der Waals surface area contributed by atoms with Gasteiger partial charge >= 0.3 is 5.97 Å². The number of nitrogens with zero attached hydrogens (tertiary/aromatic N) is 2. The molecule has 1 aromatic rings. The molecule has 2 rings (SSSR count). The number of hydrogen-bond donors (Lipinski definition) is 0. The number of aryl methyl sites for hydroxylation is 1. The average molecular weight is 268 g/mol. The molecule has 0 saturated heterocycles. The van der Waals surface area contributed by atoms with Crippen molar-refractivity contribution in [1.29, 1.82) is 0 Å². The smallest absolute Gasteiger partial charge is 0.350 e. The summed E-state index contributed by atoms with van der Waals surface area (Å²) in [6.45, 7) is 4.96. The van der Waals surface area contributed by atoms with Crippen LogP contribution < -0.4 is 4.90 Å². The Bertz CT molecular complexity index is 425. The SMILES string of the molecule is CCN(c1nc(C)c(C(=O)OC)s1)C1CCCC1. The second-order valence-corrected chi connectivity index (χ2v) is 5.60. The third-order valence-electron chi connectivity index (χ3n) is 3.51. The molecule has 100 valence electrons. The van der Waals surface area contributed by atoms with Gasteiger partial charge in [-0.2, -0.15) is 0 Å². The summed E-state index contributed by atoms with van der Waals surface area (Å²) in [5, 5.41) is 0.960. The van der Waals surface area contributed by atoms with Crippen molar-refractivity contribution >= 4 is 22.4 Å². The van der Waals surface area contributed by atoms with Gasteiger partial charge in [0.05, 0.1) is 12.8 Å². The molecule has 1 fully saturated rings. The van der Waals surface area contributed by atoms with Gasteiger partial charge in [0.2, 0.25) is 0 Å². The molecule has 0 aromatic carbocycles. The average Bonchev–Trinajstić information content (AvgIpc) is 3.00. The van der Waals surface area contributed by atoms with Crippen molar-refractivity contribution in [3.63, 3.8) is 0 Å². The lowest BCUT2D eigenvalue weighted by Gasteiger charge is -2.26. The lowest BCUT2D eigenvalue weighted by atomic mass is 10.2. The molecule has 18 heavy (non-hydrogen) atoms. The van der Waals surface area contributed by atoms with E-state index in [1.54, 1.807) is 0 Å². The zero-order valence-electron chi connectivity index (χ0n) is 11.2. The number of ether oxygens (including phenoxy) is 1. The van der Waals surface area contributed by atoms with Gasteiger partial charge in [0.25, 0.3) is 0 Å². The number of aromatic nitrogens is 1. The third-order valence-corrected chi connectivity index (χ3v) is 4.68. The van der Waals surface area contributed by atoms with Gasteiger partial charge in [-0.3, -0.25) is 0 Å². The van der Waals surface area contributed by atoms with Gasteiger partial charge in [-0.1, -0.05) is 24.2 Å². The predicted molar refractivity (Wildman–Crippen MR) is 73.5 cm³/mol. The maximum absolute atomic E-state index is 11.6. The Labute approximate surface area is 112 Å². The predicted octanol–water partition coefficient (Wildman–Crippen LogP) is 3.01. The molecule has 0 radical (unpaired) electrons.